The molecule has 1 aliphatic carbocycles. The van der Waals surface area contributed by atoms with Crippen molar-refractivity contribution in [2.75, 3.05) is 13.2 Å². The number of nitrogens with one attached hydrogen (secondary N) is 1. The summed E-state index contributed by atoms with van der Waals surface area (Å²) in [7, 11) is 0. The van der Waals surface area contributed by atoms with Crippen LogP contribution in [0, 0.1) is 5.82 Å². The third-order valence-electron chi connectivity index (χ3n) is 6.54. The molecule has 5 nitrogen and oxygen atoms in total. The Hall–Kier alpha value is -3.71. The van der Waals surface area contributed by atoms with Crippen LogP contribution >= 0.6 is 11.3 Å². The van der Waals surface area contributed by atoms with Crippen LogP contribution in [-0.4, -0.2) is 25.0 Å². The molecule has 0 radical (unpaired) electrons. The van der Waals surface area contributed by atoms with E-state index in [0.717, 1.165) is 10.6 Å². The lowest BCUT2D eigenvalue weighted by molar-refractivity contribution is -0.140. The Morgan fingerprint density at radius 3 is 2.56 bits per heavy atom. The summed E-state index contributed by atoms with van der Waals surface area (Å²) >= 11 is 1.63. The van der Waals surface area contributed by atoms with E-state index in [1.165, 1.54) is 6.07 Å². The van der Waals surface area contributed by atoms with Crippen LogP contribution in [-0.2, 0) is 14.3 Å². The Labute approximate surface area is 213 Å². The molecule has 184 valence electrons. The Bertz CT molecular complexity index is 1330. The van der Waals surface area contributed by atoms with Gasteiger partial charge in [-0.2, -0.15) is 0 Å². The lowest BCUT2D eigenvalue weighted by atomic mass is 9.72. The first-order valence-corrected chi connectivity index (χ1v) is 12.8. The number of thiophene rings is 1. The van der Waals surface area contributed by atoms with Gasteiger partial charge >= 0.3 is 5.97 Å². The summed E-state index contributed by atoms with van der Waals surface area (Å²) in [5, 5.41) is 5.30. The van der Waals surface area contributed by atoms with Crippen LogP contribution < -0.4 is 10.1 Å². The molecular weight excluding hydrogens is 477 g/mol. The quantitative estimate of drug-likeness (QED) is 0.323. The highest BCUT2D eigenvalue weighted by Gasteiger charge is 2.42. The predicted molar refractivity (Wildman–Crippen MR) is 136 cm³/mol. The molecule has 1 N–H and O–H groups in total. The predicted octanol–water partition coefficient (Wildman–Crippen LogP) is 5.87. The number of allylic oxidation sites excluding steroid dienone is 3. The first kappa shape index (κ1) is 24.0. The van der Waals surface area contributed by atoms with Crippen molar-refractivity contribution in [3.63, 3.8) is 0 Å². The van der Waals surface area contributed by atoms with E-state index < -0.39 is 17.7 Å². The fourth-order valence-electron chi connectivity index (χ4n) is 4.94. The minimum atomic E-state index is -0.832. The van der Waals surface area contributed by atoms with Gasteiger partial charge in [0.05, 0.1) is 11.5 Å². The molecule has 0 fully saturated rings. The summed E-state index contributed by atoms with van der Waals surface area (Å²) in [6.45, 7) is 1.97. The van der Waals surface area contributed by atoms with Gasteiger partial charge in [0.1, 0.15) is 24.8 Å². The van der Waals surface area contributed by atoms with Gasteiger partial charge < -0.3 is 14.8 Å². The number of carbonyl (C=O) groups excluding carboxylic acids is 2. The molecule has 1 aromatic heterocycles. The van der Waals surface area contributed by atoms with Gasteiger partial charge in [-0.15, -0.1) is 11.3 Å². The summed E-state index contributed by atoms with van der Waals surface area (Å²) in [6.07, 6.45) is 0.940. The number of para-hydroxylation sites is 1. The molecule has 1 aliphatic heterocycles. The molecular formula is C29H26FNO4S. The number of carbonyl (C=O) groups is 2. The van der Waals surface area contributed by atoms with E-state index in [9.17, 15) is 9.59 Å². The second kappa shape index (κ2) is 10.5. The molecule has 0 amide bonds. The molecule has 2 atom stereocenters. The number of Topliss-reactive ketones (excluding diaryl/α,β-unsaturated/α-hetero) is 1. The highest BCUT2D eigenvalue weighted by Crippen LogP contribution is 2.46. The van der Waals surface area contributed by atoms with Crippen molar-refractivity contribution < 1.29 is 23.5 Å². The smallest absolute Gasteiger partial charge is 0.336 e. The van der Waals surface area contributed by atoms with Gasteiger partial charge in [0.15, 0.2) is 5.78 Å². The van der Waals surface area contributed by atoms with Gasteiger partial charge in [0, 0.05) is 39.7 Å². The first-order chi connectivity index (χ1) is 17.5. The Kier molecular flexibility index (Phi) is 7.00. The van der Waals surface area contributed by atoms with E-state index in [1.807, 2.05) is 47.8 Å². The van der Waals surface area contributed by atoms with Crippen LogP contribution in [0.3, 0.4) is 0 Å². The average molecular weight is 504 g/mol. The monoisotopic (exact) mass is 503 g/mol. The third-order valence-corrected chi connectivity index (χ3v) is 7.57. The van der Waals surface area contributed by atoms with E-state index >= 15 is 4.39 Å². The lowest BCUT2D eigenvalue weighted by Crippen LogP contribution is -2.36. The number of hydrogen-bond donors (Lipinski definition) is 1. The fourth-order valence-corrected chi connectivity index (χ4v) is 5.77. The van der Waals surface area contributed by atoms with Crippen LogP contribution in [0.15, 0.2) is 94.7 Å². The molecule has 5 rings (SSSR count). The summed E-state index contributed by atoms with van der Waals surface area (Å²) in [4.78, 5) is 28.0. The summed E-state index contributed by atoms with van der Waals surface area (Å²) in [5.74, 6) is -1.24. The van der Waals surface area contributed by atoms with E-state index in [1.54, 1.807) is 36.5 Å². The van der Waals surface area contributed by atoms with Crippen LogP contribution in [0.5, 0.6) is 5.75 Å². The number of ketones is 1. The lowest BCUT2D eigenvalue weighted by Gasteiger charge is -2.36. The van der Waals surface area contributed by atoms with Crippen molar-refractivity contribution in [3.8, 4) is 5.75 Å². The molecule has 0 saturated heterocycles. The van der Waals surface area contributed by atoms with E-state index in [4.69, 9.17) is 9.47 Å². The van der Waals surface area contributed by atoms with Crippen LogP contribution in [0.25, 0.3) is 0 Å². The average Bonchev–Trinajstić information content (AvgIpc) is 3.42. The number of halogens is 1. The van der Waals surface area contributed by atoms with Crippen molar-refractivity contribution in [2.45, 2.75) is 31.6 Å². The molecule has 0 unspecified atom stereocenters. The summed E-state index contributed by atoms with van der Waals surface area (Å²) < 4.78 is 26.2. The number of ether oxygens (including phenoxy) is 2. The second-order valence-electron chi connectivity index (χ2n) is 8.85. The van der Waals surface area contributed by atoms with Crippen molar-refractivity contribution in [2.24, 2.45) is 0 Å². The second-order valence-corrected chi connectivity index (χ2v) is 9.83. The third kappa shape index (κ3) is 4.84. The normalized spacial score (nSPS) is 19.6. The molecule has 0 saturated carbocycles. The number of dihydropyridines is 1. The molecule has 0 bridgehead atoms. The summed E-state index contributed by atoms with van der Waals surface area (Å²) in [6, 6.07) is 19.6. The van der Waals surface area contributed by atoms with Gasteiger partial charge in [-0.1, -0.05) is 42.5 Å². The van der Waals surface area contributed by atoms with Crippen LogP contribution in [0.2, 0.25) is 0 Å². The van der Waals surface area contributed by atoms with Gasteiger partial charge in [0.2, 0.25) is 0 Å². The zero-order chi connectivity index (χ0) is 25.1. The van der Waals surface area contributed by atoms with Gasteiger partial charge in [-0.25, -0.2) is 9.18 Å². The molecule has 36 heavy (non-hydrogen) atoms. The highest BCUT2D eigenvalue weighted by atomic mass is 32.1. The van der Waals surface area contributed by atoms with E-state index in [0.29, 0.717) is 35.4 Å². The van der Waals surface area contributed by atoms with Gasteiger partial charge in [-0.05, 0) is 43.0 Å². The van der Waals surface area contributed by atoms with Gasteiger partial charge in [0.25, 0.3) is 0 Å². The highest BCUT2D eigenvalue weighted by molar-refractivity contribution is 7.10. The van der Waals surface area contributed by atoms with Crippen molar-refractivity contribution in [1.82, 2.24) is 5.32 Å². The number of hydrogen-bond acceptors (Lipinski definition) is 6. The number of benzene rings is 2. The zero-order valence-corrected chi connectivity index (χ0v) is 20.6. The maximum Gasteiger partial charge on any atom is 0.336 e. The number of rotatable bonds is 7. The van der Waals surface area contributed by atoms with Crippen molar-refractivity contribution in [1.29, 1.82) is 0 Å². The van der Waals surface area contributed by atoms with Crippen molar-refractivity contribution in [3.05, 3.63) is 111 Å². The number of esters is 1. The van der Waals surface area contributed by atoms with Crippen molar-refractivity contribution >= 4 is 23.1 Å². The molecule has 2 aliphatic rings. The van der Waals surface area contributed by atoms with E-state index in [2.05, 4.69) is 5.32 Å². The molecule has 2 aromatic carbocycles. The van der Waals surface area contributed by atoms with Crippen LogP contribution in [0.1, 0.15) is 42.0 Å². The maximum absolute atomic E-state index is 15.1. The maximum atomic E-state index is 15.1. The van der Waals surface area contributed by atoms with E-state index in [-0.39, 0.29) is 30.5 Å². The Morgan fingerprint density at radius 2 is 1.81 bits per heavy atom. The molecule has 7 heteroatoms. The Balaban J connectivity index is 1.42. The zero-order valence-electron chi connectivity index (χ0n) is 19.8. The molecule has 2 heterocycles. The molecule has 3 aromatic rings. The SMILES string of the molecule is CC1=C(C(=O)OCCOc2ccccc2)[C@H](c2ccccc2F)C2=C(C[C@H](c3cccs3)CC2=O)N1. The largest absolute Gasteiger partial charge is 0.490 e. The Morgan fingerprint density at radius 1 is 1.03 bits per heavy atom. The minimum Gasteiger partial charge on any atom is -0.490 e. The summed E-state index contributed by atoms with van der Waals surface area (Å²) in [5.41, 5.74) is 2.31. The minimum absolute atomic E-state index is 0.0226. The van der Waals surface area contributed by atoms with Crippen LogP contribution in [0.4, 0.5) is 4.39 Å². The standard InChI is InChI=1S/C29H26FNO4S/c1-18-26(29(33)35-14-13-34-20-8-3-2-4-9-20)27(21-10-5-6-11-22(21)30)28-23(31-18)16-19(17-24(28)32)25-12-7-15-36-25/h2-12,15,19,27,31H,13-14,16-17H2,1H3/t19-,27-/m0/s1. The fraction of sp³-hybridized carbons (Fsp3) is 0.241. The first-order valence-electron chi connectivity index (χ1n) is 11.9. The topological polar surface area (TPSA) is 64.6 Å². The molecule has 0 spiro atoms. The van der Waals surface area contributed by atoms with Gasteiger partial charge in [-0.3, -0.25) is 4.79 Å².